The zero-order chi connectivity index (χ0) is 15.3. The molecule has 5 nitrogen and oxygen atoms in total. The summed E-state index contributed by atoms with van der Waals surface area (Å²) < 4.78 is 0. The van der Waals surface area contributed by atoms with Crippen LogP contribution in [0.5, 0.6) is 0 Å². The molecule has 0 spiro atoms. The number of aryl methyl sites for hydroxylation is 1. The number of nitrogens with two attached hydrogens (primary N) is 1. The maximum Gasteiger partial charge on any atom is 0.238 e. The molecule has 1 aromatic rings. The lowest BCUT2D eigenvalue weighted by molar-refractivity contribution is -0.123. The molecule has 0 radical (unpaired) electrons. The highest BCUT2D eigenvalue weighted by Crippen LogP contribution is 2.36. The molecule has 0 atom stereocenters. The van der Waals surface area contributed by atoms with Gasteiger partial charge >= 0.3 is 0 Å². The van der Waals surface area contributed by atoms with Gasteiger partial charge in [-0.05, 0) is 37.5 Å². The maximum atomic E-state index is 12.8. The molecule has 0 aliphatic heterocycles. The van der Waals surface area contributed by atoms with Crippen molar-refractivity contribution in [1.29, 1.82) is 0 Å². The van der Waals surface area contributed by atoms with E-state index in [1.807, 2.05) is 31.2 Å². The van der Waals surface area contributed by atoms with Crippen LogP contribution in [0.1, 0.15) is 44.1 Å². The fraction of sp³-hybridized carbons (Fsp3) is 0.500. The highest BCUT2D eigenvalue weighted by molar-refractivity contribution is 6.11. The number of benzene rings is 1. The summed E-state index contributed by atoms with van der Waals surface area (Å²) in [7, 11) is 0. The van der Waals surface area contributed by atoms with E-state index in [4.69, 9.17) is 10.9 Å². The Kier molecular flexibility index (Phi) is 4.83. The van der Waals surface area contributed by atoms with Crippen molar-refractivity contribution in [3.63, 3.8) is 0 Å². The van der Waals surface area contributed by atoms with Gasteiger partial charge in [-0.25, -0.2) is 0 Å². The van der Waals surface area contributed by atoms with Gasteiger partial charge in [0.2, 0.25) is 5.91 Å². The Morgan fingerprint density at radius 1 is 1.29 bits per heavy atom. The molecule has 2 rings (SSSR count). The van der Waals surface area contributed by atoms with Crippen molar-refractivity contribution in [2.45, 2.75) is 45.4 Å². The van der Waals surface area contributed by atoms with E-state index in [-0.39, 0.29) is 11.7 Å². The van der Waals surface area contributed by atoms with Gasteiger partial charge in [-0.15, -0.1) is 0 Å². The van der Waals surface area contributed by atoms with Crippen LogP contribution < -0.4 is 11.1 Å². The van der Waals surface area contributed by atoms with Crippen LogP contribution in [0.2, 0.25) is 0 Å². The Morgan fingerprint density at radius 2 is 1.95 bits per heavy atom. The summed E-state index contributed by atoms with van der Waals surface area (Å²) in [6, 6.07) is 7.63. The summed E-state index contributed by atoms with van der Waals surface area (Å²) in [6.45, 7) is 1.97. The molecule has 0 bridgehead atoms. The highest BCUT2D eigenvalue weighted by Gasteiger charge is 2.43. The number of carbonyl (C=O) groups excluding carboxylic acids is 1. The second-order valence-electron chi connectivity index (χ2n) is 5.81. The van der Waals surface area contributed by atoms with Gasteiger partial charge < -0.3 is 16.3 Å². The van der Waals surface area contributed by atoms with E-state index >= 15 is 0 Å². The van der Waals surface area contributed by atoms with Crippen LogP contribution in [0.15, 0.2) is 29.4 Å². The number of anilines is 1. The standard InChI is InChI=1S/C16H23N3O2/c1-12-7-6-8-13(11-12)18-15(20)16(14(17)19-21)9-4-2-3-5-10-16/h6-8,11,21H,2-5,9-10H2,1H3,(H2,17,19)(H,18,20). The third-order valence-electron chi connectivity index (χ3n) is 4.27. The normalized spacial score (nSPS) is 18.8. The molecular weight excluding hydrogens is 266 g/mol. The molecule has 21 heavy (non-hydrogen) atoms. The number of amides is 1. The Hall–Kier alpha value is -2.04. The van der Waals surface area contributed by atoms with E-state index in [0.29, 0.717) is 12.8 Å². The number of nitrogens with one attached hydrogen (secondary N) is 1. The first-order chi connectivity index (χ1) is 10.1. The molecule has 1 amide bonds. The molecule has 4 N–H and O–H groups in total. The molecule has 5 heteroatoms. The predicted molar refractivity (Wildman–Crippen MR) is 83.4 cm³/mol. The topological polar surface area (TPSA) is 87.7 Å². The first kappa shape index (κ1) is 15.4. The minimum atomic E-state index is -0.894. The van der Waals surface area contributed by atoms with Gasteiger partial charge in [0.1, 0.15) is 5.41 Å². The largest absolute Gasteiger partial charge is 0.409 e. The summed E-state index contributed by atoms with van der Waals surface area (Å²) in [5.41, 5.74) is 6.80. The lowest BCUT2D eigenvalue weighted by Crippen LogP contribution is -2.46. The maximum absolute atomic E-state index is 12.8. The van der Waals surface area contributed by atoms with E-state index in [2.05, 4.69) is 10.5 Å². The monoisotopic (exact) mass is 289 g/mol. The molecule has 0 aromatic heterocycles. The van der Waals surface area contributed by atoms with Gasteiger partial charge in [0.05, 0.1) is 0 Å². The van der Waals surface area contributed by atoms with Crippen LogP contribution in [0.4, 0.5) is 5.69 Å². The molecule has 0 unspecified atom stereocenters. The summed E-state index contributed by atoms with van der Waals surface area (Å²) in [6.07, 6.45) is 5.24. The Morgan fingerprint density at radius 3 is 2.52 bits per heavy atom. The summed E-state index contributed by atoms with van der Waals surface area (Å²) in [5.74, 6) is -0.153. The van der Waals surface area contributed by atoms with E-state index < -0.39 is 5.41 Å². The quantitative estimate of drug-likeness (QED) is 0.263. The average molecular weight is 289 g/mol. The highest BCUT2D eigenvalue weighted by atomic mass is 16.4. The molecule has 1 aliphatic carbocycles. The predicted octanol–water partition coefficient (Wildman–Crippen LogP) is 3.02. The van der Waals surface area contributed by atoms with Crippen molar-refractivity contribution >= 4 is 17.4 Å². The molecule has 1 aliphatic rings. The first-order valence-electron chi connectivity index (χ1n) is 7.44. The minimum absolute atomic E-state index is 0.0227. The molecule has 1 fully saturated rings. The lowest BCUT2D eigenvalue weighted by atomic mass is 9.78. The number of rotatable bonds is 3. The minimum Gasteiger partial charge on any atom is -0.409 e. The molecule has 114 valence electrons. The number of hydrogen-bond acceptors (Lipinski definition) is 3. The van der Waals surface area contributed by atoms with Crippen molar-refractivity contribution in [1.82, 2.24) is 0 Å². The van der Waals surface area contributed by atoms with Gasteiger partial charge in [-0.3, -0.25) is 4.79 Å². The number of hydrogen-bond donors (Lipinski definition) is 3. The van der Waals surface area contributed by atoms with Crippen LogP contribution in [0.25, 0.3) is 0 Å². The van der Waals surface area contributed by atoms with E-state index in [9.17, 15) is 4.79 Å². The third-order valence-corrected chi connectivity index (χ3v) is 4.27. The van der Waals surface area contributed by atoms with Crippen molar-refractivity contribution < 1.29 is 10.0 Å². The third kappa shape index (κ3) is 3.35. The zero-order valence-electron chi connectivity index (χ0n) is 12.4. The second kappa shape index (κ2) is 6.61. The van der Waals surface area contributed by atoms with E-state index in [1.54, 1.807) is 0 Å². The summed E-state index contributed by atoms with van der Waals surface area (Å²) in [5, 5.41) is 15.2. The van der Waals surface area contributed by atoms with Gasteiger partial charge in [-0.1, -0.05) is 43.0 Å². The van der Waals surface area contributed by atoms with E-state index in [1.165, 1.54) is 0 Å². The van der Waals surface area contributed by atoms with Crippen LogP contribution in [-0.2, 0) is 4.79 Å². The molecule has 0 heterocycles. The SMILES string of the molecule is Cc1cccc(NC(=O)C2(C(N)=NO)CCCCCC2)c1. The summed E-state index contributed by atoms with van der Waals surface area (Å²) >= 11 is 0. The average Bonchev–Trinajstić information content (AvgIpc) is 2.73. The molecule has 1 aromatic carbocycles. The first-order valence-corrected chi connectivity index (χ1v) is 7.44. The van der Waals surface area contributed by atoms with Gasteiger partial charge in [0, 0.05) is 5.69 Å². The van der Waals surface area contributed by atoms with Gasteiger partial charge in [-0.2, -0.15) is 0 Å². The van der Waals surface area contributed by atoms with E-state index in [0.717, 1.165) is 36.9 Å². The lowest BCUT2D eigenvalue weighted by Gasteiger charge is -2.29. The Balaban J connectivity index is 2.26. The molecule has 0 saturated heterocycles. The smallest absolute Gasteiger partial charge is 0.238 e. The van der Waals surface area contributed by atoms with Crippen LogP contribution in [0.3, 0.4) is 0 Å². The van der Waals surface area contributed by atoms with Crippen molar-refractivity contribution in [3.05, 3.63) is 29.8 Å². The van der Waals surface area contributed by atoms with Crippen molar-refractivity contribution in [2.24, 2.45) is 16.3 Å². The number of carbonyl (C=O) groups is 1. The Bertz CT molecular complexity index is 532. The number of nitrogens with zero attached hydrogens (tertiary/aromatic N) is 1. The van der Waals surface area contributed by atoms with Gasteiger partial charge in [0.15, 0.2) is 5.84 Å². The van der Waals surface area contributed by atoms with Crippen LogP contribution in [0, 0.1) is 12.3 Å². The van der Waals surface area contributed by atoms with Crippen molar-refractivity contribution in [2.75, 3.05) is 5.32 Å². The number of oxime groups is 1. The van der Waals surface area contributed by atoms with Crippen molar-refractivity contribution in [3.8, 4) is 0 Å². The fourth-order valence-corrected chi connectivity index (χ4v) is 3.00. The van der Waals surface area contributed by atoms with Crippen LogP contribution in [-0.4, -0.2) is 17.0 Å². The fourth-order valence-electron chi connectivity index (χ4n) is 3.00. The second-order valence-corrected chi connectivity index (χ2v) is 5.81. The molecular formula is C16H23N3O2. The van der Waals surface area contributed by atoms with Gasteiger partial charge in [0.25, 0.3) is 0 Å². The van der Waals surface area contributed by atoms with Crippen LogP contribution >= 0.6 is 0 Å². The summed E-state index contributed by atoms with van der Waals surface area (Å²) in [4.78, 5) is 12.8. The molecule has 1 saturated carbocycles. The number of amidine groups is 1. The Labute approximate surface area is 125 Å². The zero-order valence-corrected chi connectivity index (χ0v) is 12.4.